The van der Waals surface area contributed by atoms with Gasteiger partial charge in [-0.2, -0.15) is 13.2 Å². The van der Waals surface area contributed by atoms with Crippen LogP contribution in [-0.4, -0.2) is 65.2 Å². The van der Waals surface area contributed by atoms with Crippen LogP contribution in [0.3, 0.4) is 0 Å². The molecule has 41 heavy (non-hydrogen) atoms. The van der Waals surface area contributed by atoms with Crippen LogP contribution in [0.25, 0.3) is 11.4 Å². The fraction of sp³-hybridized carbons (Fsp3) is 0.429. The highest BCUT2D eigenvalue weighted by Crippen LogP contribution is 2.42. The Bertz CT molecular complexity index is 1480. The van der Waals surface area contributed by atoms with Crippen LogP contribution in [-0.2, 0) is 15.7 Å². The van der Waals surface area contributed by atoms with Gasteiger partial charge >= 0.3 is 12.2 Å². The molecule has 0 aliphatic carbocycles. The van der Waals surface area contributed by atoms with E-state index in [4.69, 9.17) is 14.2 Å². The highest BCUT2D eigenvalue weighted by atomic mass is 19.4. The predicted octanol–water partition coefficient (Wildman–Crippen LogP) is 5.03. The lowest BCUT2D eigenvalue weighted by atomic mass is 10.1. The Labute approximate surface area is 234 Å². The first-order valence-corrected chi connectivity index (χ1v) is 13.3. The molecule has 13 heteroatoms. The summed E-state index contributed by atoms with van der Waals surface area (Å²) in [6, 6.07) is 7.56. The van der Waals surface area contributed by atoms with Crippen molar-refractivity contribution < 1.29 is 32.2 Å². The number of hydrogen-bond acceptors (Lipinski definition) is 8. The third-order valence-electron chi connectivity index (χ3n) is 7.25. The maximum atomic E-state index is 13.7. The Kier molecular flexibility index (Phi) is 6.73. The van der Waals surface area contributed by atoms with Crippen LogP contribution in [0.2, 0.25) is 0 Å². The molecule has 2 fully saturated rings. The standard InChI is InChI=1S/C28H29F3N6O4/c1-16-23-25(35-24(33-16)17-5-4-6-18(11-17)28(29,30)31)37(20-8-10-36(23)13-20)26(38)34-19-7-9-32-22(12-19)39-14-21-15-40-27(2,3)41-21/h4-7,9,11-12,20-21H,8,10,13-15H2,1-3H3,(H,32,34,38)/t20-,21+/m0/s1. The fourth-order valence-electron chi connectivity index (χ4n) is 5.42. The van der Waals surface area contributed by atoms with Gasteiger partial charge in [0.1, 0.15) is 18.4 Å². The molecule has 3 aliphatic rings. The smallest absolute Gasteiger partial charge is 0.416 e. The summed E-state index contributed by atoms with van der Waals surface area (Å²) in [5.41, 5.74) is 1.18. The Morgan fingerprint density at radius 2 is 2.05 bits per heavy atom. The summed E-state index contributed by atoms with van der Waals surface area (Å²) in [5, 5.41) is 2.91. The van der Waals surface area contributed by atoms with Gasteiger partial charge in [0.2, 0.25) is 5.88 Å². The minimum absolute atomic E-state index is 0.119. The molecule has 6 rings (SSSR count). The van der Waals surface area contributed by atoms with Crippen LogP contribution in [0.1, 0.15) is 31.5 Å². The Morgan fingerprint density at radius 3 is 2.80 bits per heavy atom. The van der Waals surface area contributed by atoms with Gasteiger partial charge in [-0.3, -0.25) is 4.90 Å². The van der Waals surface area contributed by atoms with E-state index in [0.717, 1.165) is 12.1 Å². The van der Waals surface area contributed by atoms with Crippen LogP contribution < -0.4 is 19.9 Å². The van der Waals surface area contributed by atoms with Gasteiger partial charge in [-0.25, -0.2) is 19.7 Å². The molecular weight excluding hydrogens is 541 g/mol. The molecule has 2 atom stereocenters. The number of amides is 2. The summed E-state index contributed by atoms with van der Waals surface area (Å²) in [4.78, 5) is 30.8. The van der Waals surface area contributed by atoms with Crippen molar-refractivity contribution >= 4 is 23.2 Å². The second-order valence-corrected chi connectivity index (χ2v) is 10.7. The van der Waals surface area contributed by atoms with Crippen LogP contribution in [0, 0.1) is 6.92 Å². The molecular formula is C28H29F3N6O4. The van der Waals surface area contributed by atoms with Crippen LogP contribution in [0.4, 0.5) is 35.2 Å². The van der Waals surface area contributed by atoms with Crippen molar-refractivity contribution in [3.8, 4) is 17.3 Å². The predicted molar refractivity (Wildman–Crippen MR) is 144 cm³/mol. The quantitative estimate of drug-likeness (QED) is 0.456. The lowest BCUT2D eigenvalue weighted by molar-refractivity contribution is -0.141. The van der Waals surface area contributed by atoms with E-state index >= 15 is 0 Å². The first-order chi connectivity index (χ1) is 19.5. The molecule has 1 N–H and O–H groups in total. The number of rotatable bonds is 5. The van der Waals surface area contributed by atoms with Crippen molar-refractivity contribution in [3.05, 3.63) is 53.9 Å². The molecule has 2 saturated heterocycles. The molecule has 2 bridgehead atoms. The minimum Gasteiger partial charge on any atom is -0.475 e. The topological polar surface area (TPSA) is 102 Å². The normalized spacial score (nSPS) is 21.1. The van der Waals surface area contributed by atoms with E-state index in [1.165, 1.54) is 18.3 Å². The number of aryl methyl sites for hydroxylation is 1. The van der Waals surface area contributed by atoms with Gasteiger partial charge in [0.15, 0.2) is 17.4 Å². The second kappa shape index (κ2) is 10.1. The van der Waals surface area contributed by atoms with Crippen molar-refractivity contribution in [2.24, 2.45) is 0 Å². The van der Waals surface area contributed by atoms with Crippen molar-refractivity contribution in [1.82, 2.24) is 15.0 Å². The van der Waals surface area contributed by atoms with Crippen molar-refractivity contribution in [2.75, 3.05) is 41.4 Å². The molecule has 1 aromatic carbocycles. The summed E-state index contributed by atoms with van der Waals surface area (Å²) in [5.74, 6) is 0.129. The van der Waals surface area contributed by atoms with Gasteiger partial charge < -0.3 is 24.4 Å². The Morgan fingerprint density at radius 1 is 1.22 bits per heavy atom. The van der Waals surface area contributed by atoms with Crippen LogP contribution >= 0.6 is 0 Å². The molecule has 0 unspecified atom stereocenters. The van der Waals surface area contributed by atoms with Crippen molar-refractivity contribution in [2.45, 2.75) is 51.3 Å². The Balaban J connectivity index is 1.25. The molecule has 2 aromatic heterocycles. The monoisotopic (exact) mass is 570 g/mol. The highest BCUT2D eigenvalue weighted by Gasteiger charge is 2.42. The van der Waals surface area contributed by atoms with Gasteiger partial charge in [-0.05, 0) is 45.4 Å². The number of urea groups is 1. The SMILES string of the molecule is Cc1nc(-c2cccc(C(F)(F)F)c2)nc2c1N1CC[C@@H](C1)N2C(=O)Nc1ccnc(OC[C@@H]2COC(C)(C)O2)c1. The number of hydrogen-bond donors (Lipinski definition) is 1. The summed E-state index contributed by atoms with van der Waals surface area (Å²) >= 11 is 0. The van der Waals surface area contributed by atoms with E-state index in [9.17, 15) is 18.0 Å². The first-order valence-electron chi connectivity index (χ1n) is 13.3. The Hall–Kier alpha value is -3.97. The van der Waals surface area contributed by atoms with Crippen LogP contribution in [0.15, 0.2) is 42.6 Å². The molecule has 3 aliphatic heterocycles. The number of pyridine rings is 1. The highest BCUT2D eigenvalue weighted by molar-refractivity contribution is 6.05. The lowest BCUT2D eigenvalue weighted by Crippen LogP contribution is -2.48. The molecule has 10 nitrogen and oxygen atoms in total. The minimum atomic E-state index is -4.50. The number of benzene rings is 1. The van der Waals surface area contributed by atoms with Gasteiger partial charge in [0.25, 0.3) is 0 Å². The largest absolute Gasteiger partial charge is 0.475 e. The number of fused-ring (bicyclic) bond motifs is 4. The zero-order chi connectivity index (χ0) is 28.9. The number of aromatic nitrogens is 3. The lowest BCUT2D eigenvalue weighted by Gasteiger charge is -2.36. The summed E-state index contributed by atoms with van der Waals surface area (Å²) in [7, 11) is 0. The number of carbonyl (C=O) groups is 1. The number of alkyl halides is 3. The molecule has 5 heterocycles. The maximum Gasteiger partial charge on any atom is 0.416 e. The van der Waals surface area contributed by atoms with Crippen molar-refractivity contribution in [1.29, 1.82) is 0 Å². The summed E-state index contributed by atoms with van der Waals surface area (Å²) in [6.07, 6.45) is -2.50. The number of carbonyl (C=O) groups excluding carboxylic acids is 1. The molecule has 0 saturated carbocycles. The molecule has 3 aromatic rings. The zero-order valence-corrected chi connectivity index (χ0v) is 22.7. The van der Waals surface area contributed by atoms with E-state index < -0.39 is 23.6 Å². The molecule has 0 spiro atoms. The van der Waals surface area contributed by atoms with Crippen LogP contribution in [0.5, 0.6) is 5.88 Å². The number of anilines is 3. The number of ether oxygens (including phenoxy) is 3. The second-order valence-electron chi connectivity index (χ2n) is 10.7. The molecule has 2 amide bonds. The van der Waals surface area contributed by atoms with E-state index in [0.29, 0.717) is 54.9 Å². The van der Waals surface area contributed by atoms with E-state index in [1.807, 2.05) is 13.8 Å². The summed E-state index contributed by atoms with van der Waals surface area (Å²) in [6.45, 7) is 7.40. The van der Waals surface area contributed by atoms with Crippen molar-refractivity contribution in [3.63, 3.8) is 0 Å². The van der Waals surface area contributed by atoms with E-state index in [2.05, 4.69) is 25.2 Å². The first kappa shape index (κ1) is 27.2. The van der Waals surface area contributed by atoms with E-state index in [-0.39, 0.29) is 30.1 Å². The van der Waals surface area contributed by atoms with Gasteiger partial charge in [0, 0.05) is 36.6 Å². The van der Waals surface area contributed by atoms with Gasteiger partial charge in [-0.15, -0.1) is 0 Å². The fourth-order valence-corrected chi connectivity index (χ4v) is 5.42. The van der Waals surface area contributed by atoms with Gasteiger partial charge in [0.05, 0.1) is 23.9 Å². The zero-order valence-electron chi connectivity index (χ0n) is 22.7. The third-order valence-corrected chi connectivity index (χ3v) is 7.25. The number of nitrogens with zero attached hydrogens (tertiary/aromatic N) is 5. The molecule has 0 radical (unpaired) electrons. The summed E-state index contributed by atoms with van der Waals surface area (Å²) < 4.78 is 57.2. The average molecular weight is 571 g/mol. The molecule has 216 valence electrons. The van der Waals surface area contributed by atoms with Gasteiger partial charge in [-0.1, -0.05) is 12.1 Å². The maximum absolute atomic E-state index is 13.7. The number of nitrogens with one attached hydrogen (secondary N) is 1. The van der Waals surface area contributed by atoms with E-state index in [1.54, 1.807) is 24.0 Å². The average Bonchev–Trinajstić information content (AvgIpc) is 3.49. The third kappa shape index (κ3) is 5.51. The number of halogens is 3.